The number of hydrogen-bond acceptors (Lipinski definition) is 4. The Balaban J connectivity index is 2.30. The van der Waals surface area contributed by atoms with Crippen LogP contribution in [0.15, 0.2) is 6.20 Å². The van der Waals surface area contributed by atoms with Gasteiger partial charge >= 0.3 is 0 Å². The van der Waals surface area contributed by atoms with E-state index in [0.29, 0.717) is 6.04 Å². The van der Waals surface area contributed by atoms with Gasteiger partial charge in [0.25, 0.3) is 0 Å². The summed E-state index contributed by atoms with van der Waals surface area (Å²) < 4.78 is 7.83. The maximum atomic E-state index is 5.92. The number of nitrogens with zero attached hydrogens (tertiary/aromatic N) is 3. The van der Waals surface area contributed by atoms with Gasteiger partial charge in [0.1, 0.15) is 0 Å². The van der Waals surface area contributed by atoms with Crippen molar-refractivity contribution >= 4 is 0 Å². The van der Waals surface area contributed by atoms with E-state index in [1.54, 1.807) is 0 Å². The Morgan fingerprint density at radius 3 is 2.94 bits per heavy atom. The normalized spacial score (nSPS) is 25.6. The Bertz CT molecular complexity index is 388. The number of ether oxygens (including phenoxy) is 1. The molecule has 0 aromatic carbocycles. The van der Waals surface area contributed by atoms with E-state index in [9.17, 15) is 0 Å². The molecule has 1 N–H and O–H groups in total. The van der Waals surface area contributed by atoms with Crippen LogP contribution in [0.25, 0.3) is 0 Å². The Hall–Kier alpha value is -0.910. The Kier molecular flexibility index (Phi) is 4.37. The van der Waals surface area contributed by atoms with Crippen LogP contribution in [0.2, 0.25) is 0 Å². The van der Waals surface area contributed by atoms with Gasteiger partial charge in [0, 0.05) is 31.9 Å². The van der Waals surface area contributed by atoms with Gasteiger partial charge in [0.2, 0.25) is 0 Å². The van der Waals surface area contributed by atoms with E-state index >= 15 is 0 Å². The van der Waals surface area contributed by atoms with Crippen LogP contribution in [0.3, 0.4) is 0 Å². The molecule has 0 spiro atoms. The third kappa shape index (κ3) is 2.58. The number of morpholine rings is 1. The topological polar surface area (TPSA) is 42.3 Å². The molecular weight excluding hydrogens is 228 g/mol. The SMILES string of the molecule is CCc1nn(C)cc1C1C(CNC)OCCN1C. The van der Waals surface area contributed by atoms with Gasteiger partial charge in [0.15, 0.2) is 0 Å². The van der Waals surface area contributed by atoms with Crippen molar-refractivity contribution in [1.29, 1.82) is 0 Å². The molecule has 1 aromatic heterocycles. The van der Waals surface area contributed by atoms with Gasteiger partial charge in [-0.1, -0.05) is 6.92 Å². The van der Waals surface area contributed by atoms with E-state index < -0.39 is 0 Å². The fraction of sp³-hybridized carbons (Fsp3) is 0.769. The Morgan fingerprint density at radius 2 is 2.28 bits per heavy atom. The molecule has 0 aliphatic carbocycles. The summed E-state index contributed by atoms with van der Waals surface area (Å²) in [5, 5.41) is 7.77. The van der Waals surface area contributed by atoms with Crippen molar-refractivity contribution in [2.75, 3.05) is 33.8 Å². The first-order chi connectivity index (χ1) is 8.67. The number of aryl methyl sites for hydroxylation is 2. The summed E-state index contributed by atoms with van der Waals surface area (Å²) >= 11 is 0. The van der Waals surface area contributed by atoms with Gasteiger partial charge in [-0.05, 0) is 20.5 Å². The van der Waals surface area contributed by atoms with Gasteiger partial charge in [0.05, 0.1) is 24.4 Å². The average molecular weight is 252 g/mol. The first kappa shape index (κ1) is 13.5. The standard InChI is InChI=1S/C13H24N4O/c1-5-11-10(9-17(4)15-11)13-12(8-14-2)18-7-6-16(13)3/h9,12-14H,5-8H2,1-4H3. The van der Waals surface area contributed by atoms with Gasteiger partial charge in [-0.2, -0.15) is 5.10 Å². The molecule has 102 valence electrons. The molecule has 5 heteroatoms. The number of hydrogen-bond donors (Lipinski definition) is 1. The fourth-order valence-electron chi connectivity index (χ4n) is 2.75. The maximum absolute atomic E-state index is 5.92. The molecule has 2 unspecified atom stereocenters. The highest BCUT2D eigenvalue weighted by atomic mass is 16.5. The monoisotopic (exact) mass is 252 g/mol. The lowest BCUT2D eigenvalue weighted by Crippen LogP contribution is -2.47. The van der Waals surface area contributed by atoms with Crippen LogP contribution in [-0.2, 0) is 18.2 Å². The predicted molar refractivity (Wildman–Crippen MR) is 71.6 cm³/mol. The van der Waals surface area contributed by atoms with Crippen LogP contribution in [0, 0.1) is 0 Å². The molecule has 18 heavy (non-hydrogen) atoms. The van der Waals surface area contributed by atoms with Crippen LogP contribution in [0.5, 0.6) is 0 Å². The van der Waals surface area contributed by atoms with E-state index in [0.717, 1.165) is 26.1 Å². The van der Waals surface area contributed by atoms with Crippen molar-refractivity contribution in [3.8, 4) is 0 Å². The first-order valence-corrected chi connectivity index (χ1v) is 6.66. The summed E-state index contributed by atoms with van der Waals surface area (Å²) in [6, 6.07) is 0.301. The Morgan fingerprint density at radius 1 is 1.50 bits per heavy atom. The second-order valence-electron chi connectivity index (χ2n) is 4.95. The van der Waals surface area contributed by atoms with Gasteiger partial charge in [-0.3, -0.25) is 9.58 Å². The molecule has 1 fully saturated rings. The summed E-state index contributed by atoms with van der Waals surface area (Å²) in [6.45, 7) is 4.81. The first-order valence-electron chi connectivity index (χ1n) is 6.66. The minimum atomic E-state index is 0.197. The smallest absolute Gasteiger partial charge is 0.0897 e. The van der Waals surface area contributed by atoms with Gasteiger partial charge < -0.3 is 10.1 Å². The molecule has 1 aliphatic heterocycles. The van der Waals surface area contributed by atoms with E-state index in [-0.39, 0.29) is 6.10 Å². The molecular formula is C13H24N4O. The number of aromatic nitrogens is 2. The molecule has 2 heterocycles. The second-order valence-corrected chi connectivity index (χ2v) is 4.95. The Labute approximate surface area is 109 Å². The lowest BCUT2D eigenvalue weighted by atomic mass is 9.98. The van der Waals surface area contributed by atoms with Crippen molar-refractivity contribution in [2.24, 2.45) is 7.05 Å². The molecule has 2 atom stereocenters. The third-order valence-electron chi connectivity index (χ3n) is 3.60. The minimum absolute atomic E-state index is 0.197. The predicted octanol–water partition coefficient (Wildman–Crippen LogP) is 0.574. The summed E-state index contributed by atoms with van der Waals surface area (Å²) in [6.07, 6.45) is 3.30. The molecule has 0 bridgehead atoms. The van der Waals surface area contributed by atoms with Crippen molar-refractivity contribution in [2.45, 2.75) is 25.5 Å². The highest BCUT2D eigenvalue weighted by Gasteiger charge is 2.33. The summed E-state index contributed by atoms with van der Waals surface area (Å²) in [5.41, 5.74) is 2.49. The largest absolute Gasteiger partial charge is 0.374 e. The molecule has 0 saturated carbocycles. The van der Waals surface area contributed by atoms with E-state index in [1.165, 1.54) is 11.3 Å². The maximum Gasteiger partial charge on any atom is 0.0897 e. The molecule has 0 radical (unpaired) electrons. The molecule has 2 rings (SSSR count). The summed E-state index contributed by atoms with van der Waals surface area (Å²) in [7, 11) is 6.13. The molecule has 5 nitrogen and oxygen atoms in total. The number of nitrogens with one attached hydrogen (secondary N) is 1. The zero-order chi connectivity index (χ0) is 13.1. The molecule has 0 amide bonds. The second kappa shape index (κ2) is 5.82. The zero-order valence-corrected chi connectivity index (χ0v) is 11.8. The van der Waals surface area contributed by atoms with Crippen LogP contribution < -0.4 is 5.32 Å². The highest BCUT2D eigenvalue weighted by molar-refractivity contribution is 5.23. The minimum Gasteiger partial charge on any atom is -0.374 e. The van der Waals surface area contributed by atoms with Gasteiger partial charge in [-0.25, -0.2) is 0 Å². The molecule has 1 saturated heterocycles. The zero-order valence-electron chi connectivity index (χ0n) is 11.8. The quantitative estimate of drug-likeness (QED) is 0.851. The summed E-state index contributed by atoms with van der Waals surface area (Å²) in [4.78, 5) is 2.38. The van der Waals surface area contributed by atoms with Crippen LogP contribution >= 0.6 is 0 Å². The van der Waals surface area contributed by atoms with Crippen molar-refractivity contribution in [3.63, 3.8) is 0 Å². The van der Waals surface area contributed by atoms with Crippen LogP contribution in [-0.4, -0.2) is 54.6 Å². The molecule has 1 aliphatic rings. The number of rotatable bonds is 4. The summed E-state index contributed by atoms with van der Waals surface area (Å²) in [5.74, 6) is 0. The van der Waals surface area contributed by atoms with Crippen LogP contribution in [0.1, 0.15) is 24.2 Å². The lowest BCUT2D eigenvalue weighted by molar-refractivity contribution is -0.0609. The van der Waals surface area contributed by atoms with E-state index in [4.69, 9.17) is 4.74 Å². The van der Waals surface area contributed by atoms with Crippen LogP contribution in [0.4, 0.5) is 0 Å². The highest BCUT2D eigenvalue weighted by Crippen LogP contribution is 2.30. The van der Waals surface area contributed by atoms with Crippen molar-refractivity contribution in [3.05, 3.63) is 17.5 Å². The van der Waals surface area contributed by atoms with Crippen molar-refractivity contribution in [1.82, 2.24) is 20.0 Å². The van der Waals surface area contributed by atoms with E-state index in [2.05, 4.69) is 35.5 Å². The third-order valence-corrected chi connectivity index (χ3v) is 3.60. The fourth-order valence-corrected chi connectivity index (χ4v) is 2.75. The van der Waals surface area contributed by atoms with Gasteiger partial charge in [-0.15, -0.1) is 0 Å². The molecule has 1 aromatic rings. The van der Waals surface area contributed by atoms with Crippen molar-refractivity contribution < 1.29 is 4.74 Å². The van der Waals surface area contributed by atoms with E-state index in [1.807, 2.05) is 18.8 Å². The number of likely N-dealkylation sites (N-methyl/N-ethyl adjacent to an activating group) is 2. The average Bonchev–Trinajstić information content (AvgIpc) is 2.71. The lowest BCUT2D eigenvalue weighted by Gasteiger charge is -2.39.